The van der Waals surface area contributed by atoms with Crippen LogP contribution in [0.2, 0.25) is 5.02 Å². The lowest BCUT2D eigenvalue weighted by Gasteiger charge is -2.10. The monoisotopic (exact) mass is 370 g/mol. The summed E-state index contributed by atoms with van der Waals surface area (Å²) in [6, 6.07) is 13.4. The number of pyridine rings is 1. The Morgan fingerprint density at radius 2 is 1.96 bits per heavy atom. The topological polar surface area (TPSA) is 97.2 Å². The number of anilines is 2. The molecule has 2 N–H and O–H groups in total. The van der Waals surface area contributed by atoms with Gasteiger partial charge in [0.2, 0.25) is 5.91 Å². The van der Waals surface area contributed by atoms with Crippen LogP contribution in [0.5, 0.6) is 0 Å². The normalized spacial score (nSPS) is 10.5. The number of hydrogen-bond acceptors (Lipinski definition) is 5. The third kappa shape index (κ3) is 4.07. The molecule has 0 aliphatic rings. The predicted octanol–water partition coefficient (Wildman–Crippen LogP) is 4.24. The van der Waals surface area contributed by atoms with Gasteiger partial charge < -0.3 is 10.6 Å². The standard InChI is InChI=1S/C18H15ClN4O3/c19-13-10-12-4-3-8-21-18(12)15(11-13)22-17(24)7-9-20-14-5-1-2-6-16(14)23(25)26/h1-6,8,10-11,20H,7,9H2,(H,22,24). The van der Waals surface area contributed by atoms with E-state index in [4.69, 9.17) is 11.6 Å². The van der Waals surface area contributed by atoms with Crippen LogP contribution >= 0.6 is 11.6 Å². The summed E-state index contributed by atoms with van der Waals surface area (Å²) < 4.78 is 0. The van der Waals surface area contributed by atoms with Crippen LogP contribution in [0.3, 0.4) is 0 Å². The van der Waals surface area contributed by atoms with Gasteiger partial charge in [-0.3, -0.25) is 19.9 Å². The molecule has 132 valence electrons. The fourth-order valence-corrected chi connectivity index (χ4v) is 2.78. The van der Waals surface area contributed by atoms with Gasteiger partial charge in [0, 0.05) is 35.6 Å². The fourth-order valence-electron chi connectivity index (χ4n) is 2.56. The Bertz CT molecular complexity index is 978. The summed E-state index contributed by atoms with van der Waals surface area (Å²) in [7, 11) is 0. The Labute approximate surface area is 154 Å². The van der Waals surface area contributed by atoms with E-state index in [-0.39, 0.29) is 24.6 Å². The molecule has 0 radical (unpaired) electrons. The Kier molecular flexibility index (Phi) is 5.28. The minimum absolute atomic E-state index is 0.0297. The molecule has 1 aromatic heterocycles. The van der Waals surface area contributed by atoms with Crippen molar-refractivity contribution in [3.63, 3.8) is 0 Å². The zero-order valence-corrected chi connectivity index (χ0v) is 14.4. The van der Waals surface area contributed by atoms with Gasteiger partial charge in [0.1, 0.15) is 5.69 Å². The van der Waals surface area contributed by atoms with E-state index in [0.717, 1.165) is 5.39 Å². The molecule has 0 unspecified atom stereocenters. The van der Waals surface area contributed by atoms with Crippen LogP contribution in [0.15, 0.2) is 54.7 Å². The summed E-state index contributed by atoms with van der Waals surface area (Å²) in [5.41, 5.74) is 1.53. The number of carbonyl (C=O) groups is 1. The number of rotatable bonds is 6. The summed E-state index contributed by atoms with van der Waals surface area (Å²) in [6.45, 7) is 0.253. The van der Waals surface area contributed by atoms with Crippen LogP contribution < -0.4 is 10.6 Å². The van der Waals surface area contributed by atoms with Gasteiger partial charge in [0.05, 0.1) is 16.1 Å². The molecule has 0 atom stereocenters. The number of nitrogens with one attached hydrogen (secondary N) is 2. The van der Waals surface area contributed by atoms with E-state index < -0.39 is 4.92 Å². The molecule has 3 aromatic rings. The number of hydrogen-bond donors (Lipinski definition) is 2. The third-order valence-corrected chi connectivity index (χ3v) is 3.93. The van der Waals surface area contributed by atoms with Crippen LogP contribution in [-0.4, -0.2) is 22.4 Å². The predicted molar refractivity (Wildman–Crippen MR) is 102 cm³/mol. The number of aromatic nitrogens is 1. The lowest BCUT2D eigenvalue weighted by atomic mass is 10.2. The number of para-hydroxylation sites is 2. The smallest absolute Gasteiger partial charge is 0.292 e. The Morgan fingerprint density at radius 1 is 1.15 bits per heavy atom. The van der Waals surface area contributed by atoms with E-state index in [2.05, 4.69) is 15.6 Å². The molecule has 1 amide bonds. The molecule has 0 spiro atoms. The van der Waals surface area contributed by atoms with Crippen LogP contribution in [0.4, 0.5) is 17.1 Å². The number of benzene rings is 2. The van der Waals surface area contributed by atoms with Crippen molar-refractivity contribution >= 4 is 45.5 Å². The maximum atomic E-state index is 12.2. The molecule has 3 rings (SSSR count). The number of nitrogens with zero attached hydrogens (tertiary/aromatic N) is 2. The molecule has 26 heavy (non-hydrogen) atoms. The van der Waals surface area contributed by atoms with Crippen molar-refractivity contribution in [1.29, 1.82) is 0 Å². The van der Waals surface area contributed by atoms with Gasteiger partial charge in [-0.05, 0) is 24.3 Å². The lowest BCUT2D eigenvalue weighted by molar-refractivity contribution is -0.384. The molecule has 7 nitrogen and oxygen atoms in total. The van der Waals surface area contributed by atoms with Gasteiger partial charge in [-0.25, -0.2) is 0 Å². The van der Waals surface area contributed by atoms with Gasteiger partial charge in [-0.2, -0.15) is 0 Å². The van der Waals surface area contributed by atoms with Gasteiger partial charge in [-0.1, -0.05) is 29.8 Å². The first-order chi connectivity index (χ1) is 12.5. The SMILES string of the molecule is O=C(CCNc1ccccc1[N+](=O)[O-])Nc1cc(Cl)cc2cccnc12. The van der Waals surface area contributed by atoms with Crippen LogP contribution in [0.25, 0.3) is 10.9 Å². The quantitative estimate of drug-likeness (QED) is 0.499. The van der Waals surface area contributed by atoms with E-state index in [0.29, 0.717) is 21.9 Å². The summed E-state index contributed by atoms with van der Waals surface area (Å²) in [5.74, 6) is -0.245. The minimum Gasteiger partial charge on any atom is -0.379 e. The van der Waals surface area contributed by atoms with E-state index in [1.165, 1.54) is 6.07 Å². The van der Waals surface area contributed by atoms with E-state index in [1.807, 2.05) is 6.07 Å². The van der Waals surface area contributed by atoms with E-state index >= 15 is 0 Å². The Balaban J connectivity index is 1.65. The number of carbonyl (C=O) groups excluding carboxylic acids is 1. The second-order valence-corrected chi connectivity index (χ2v) is 5.96. The average Bonchev–Trinajstić information content (AvgIpc) is 2.62. The molecule has 0 saturated carbocycles. The fraction of sp³-hybridized carbons (Fsp3) is 0.111. The van der Waals surface area contributed by atoms with Crippen molar-refractivity contribution < 1.29 is 9.72 Å². The first-order valence-electron chi connectivity index (χ1n) is 7.86. The van der Waals surface area contributed by atoms with Crippen LogP contribution in [-0.2, 0) is 4.79 Å². The number of amides is 1. The van der Waals surface area contributed by atoms with Crippen LogP contribution in [0.1, 0.15) is 6.42 Å². The largest absolute Gasteiger partial charge is 0.379 e. The second-order valence-electron chi connectivity index (χ2n) is 5.53. The summed E-state index contributed by atoms with van der Waals surface area (Å²) in [6.07, 6.45) is 1.77. The number of fused-ring (bicyclic) bond motifs is 1. The Hall–Kier alpha value is -3.19. The van der Waals surface area contributed by atoms with E-state index in [9.17, 15) is 14.9 Å². The molecular formula is C18H15ClN4O3. The third-order valence-electron chi connectivity index (χ3n) is 3.71. The Morgan fingerprint density at radius 3 is 2.77 bits per heavy atom. The maximum Gasteiger partial charge on any atom is 0.292 e. The first kappa shape index (κ1) is 17.6. The van der Waals surface area contributed by atoms with Crippen molar-refractivity contribution in [3.05, 3.63) is 69.9 Å². The van der Waals surface area contributed by atoms with Crippen molar-refractivity contribution in [2.75, 3.05) is 17.2 Å². The molecule has 1 heterocycles. The highest BCUT2D eigenvalue weighted by Crippen LogP contribution is 2.26. The molecular weight excluding hydrogens is 356 g/mol. The van der Waals surface area contributed by atoms with Crippen molar-refractivity contribution in [2.45, 2.75) is 6.42 Å². The number of nitro groups is 1. The highest BCUT2D eigenvalue weighted by Gasteiger charge is 2.13. The highest BCUT2D eigenvalue weighted by atomic mass is 35.5. The number of halogens is 1. The molecule has 2 aromatic carbocycles. The minimum atomic E-state index is -0.466. The summed E-state index contributed by atoms with van der Waals surface area (Å²) in [4.78, 5) is 27.0. The van der Waals surface area contributed by atoms with Crippen LogP contribution in [0, 0.1) is 10.1 Å². The molecule has 0 fully saturated rings. The van der Waals surface area contributed by atoms with Crippen molar-refractivity contribution in [3.8, 4) is 0 Å². The van der Waals surface area contributed by atoms with Crippen molar-refractivity contribution in [2.24, 2.45) is 0 Å². The van der Waals surface area contributed by atoms with Gasteiger partial charge in [0.25, 0.3) is 5.69 Å². The lowest BCUT2D eigenvalue weighted by Crippen LogP contribution is -2.17. The van der Waals surface area contributed by atoms with Gasteiger partial charge in [0.15, 0.2) is 0 Å². The van der Waals surface area contributed by atoms with Gasteiger partial charge >= 0.3 is 0 Å². The van der Waals surface area contributed by atoms with Gasteiger partial charge in [-0.15, -0.1) is 0 Å². The van der Waals surface area contributed by atoms with E-state index in [1.54, 1.807) is 42.6 Å². The number of nitro benzene ring substituents is 1. The first-order valence-corrected chi connectivity index (χ1v) is 8.24. The maximum absolute atomic E-state index is 12.2. The zero-order valence-electron chi connectivity index (χ0n) is 13.6. The van der Waals surface area contributed by atoms with Crippen molar-refractivity contribution in [1.82, 2.24) is 4.98 Å². The second kappa shape index (κ2) is 7.79. The molecule has 0 aliphatic heterocycles. The molecule has 0 bridgehead atoms. The molecule has 8 heteroatoms. The highest BCUT2D eigenvalue weighted by molar-refractivity contribution is 6.32. The molecule has 0 saturated heterocycles. The summed E-state index contributed by atoms with van der Waals surface area (Å²) in [5, 5.41) is 18.0. The zero-order chi connectivity index (χ0) is 18.5. The average molecular weight is 371 g/mol. The molecule has 0 aliphatic carbocycles. The summed E-state index contributed by atoms with van der Waals surface area (Å²) >= 11 is 6.08.